The summed E-state index contributed by atoms with van der Waals surface area (Å²) in [6.45, 7) is 1.01. The molecule has 2 N–H and O–H groups in total. The van der Waals surface area contributed by atoms with Crippen molar-refractivity contribution >= 4 is 34.5 Å². The van der Waals surface area contributed by atoms with Gasteiger partial charge < -0.3 is 19.5 Å². The Kier molecular flexibility index (Phi) is 3.80. The summed E-state index contributed by atoms with van der Waals surface area (Å²) in [5.74, 6) is 0. The molecule has 2 bridgehead atoms. The van der Waals surface area contributed by atoms with Gasteiger partial charge in [-0.15, -0.1) is 11.3 Å². The quantitative estimate of drug-likeness (QED) is 0.713. The number of amides is 1. The van der Waals surface area contributed by atoms with Crippen LogP contribution in [0.15, 0.2) is 28.1 Å². The van der Waals surface area contributed by atoms with Gasteiger partial charge in [-0.25, -0.2) is 9.78 Å². The number of aromatic nitrogens is 2. The lowest BCUT2D eigenvalue weighted by molar-refractivity contribution is 0.114. The predicted octanol–water partition coefficient (Wildman–Crippen LogP) is 2.77. The first-order valence-electron chi connectivity index (χ1n) is 8.85. The van der Waals surface area contributed by atoms with E-state index in [0.717, 1.165) is 23.4 Å². The van der Waals surface area contributed by atoms with Gasteiger partial charge in [0.1, 0.15) is 10.5 Å². The van der Waals surface area contributed by atoms with E-state index in [1.165, 1.54) is 11.3 Å². The van der Waals surface area contributed by atoms with Crippen molar-refractivity contribution in [3.63, 3.8) is 0 Å². The number of nitrogens with zero attached hydrogens (tertiary/aromatic N) is 4. The molecule has 140 valence electrons. The highest BCUT2D eigenvalue weighted by molar-refractivity contribution is 7.13. The van der Waals surface area contributed by atoms with Crippen LogP contribution in [0.25, 0.3) is 21.7 Å². The number of hydrogen-bond donors (Lipinski definition) is 2. The van der Waals surface area contributed by atoms with Gasteiger partial charge in [-0.3, -0.25) is 4.90 Å². The standard InChI is InChI=1S/C18H18N4O4S/c23-9-10-1-4-13(16-19-5-6-27-16)15-14(10)20-17(26-15)21-7-11-2-3-12(8-21)22(11)18(24)25/h1,4-6,11-12,23H,2-3,7-9H2,(H,24,25). The summed E-state index contributed by atoms with van der Waals surface area (Å²) in [6.07, 6.45) is 2.61. The molecule has 27 heavy (non-hydrogen) atoms. The number of aliphatic hydroxyl groups is 1. The molecular weight excluding hydrogens is 368 g/mol. The summed E-state index contributed by atoms with van der Waals surface area (Å²) in [4.78, 5) is 24.1. The molecule has 2 fully saturated rings. The Morgan fingerprint density at radius 2 is 2.07 bits per heavy atom. The van der Waals surface area contributed by atoms with Crippen molar-refractivity contribution in [3.05, 3.63) is 29.3 Å². The summed E-state index contributed by atoms with van der Waals surface area (Å²) < 4.78 is 6.13. The molecule has 3 aromatic rings. The molecule has 2 aliphatic heterocycles. The van der Waals surface area contributed by atoms with Crippen LogP contribution in [0.3, 0.4) is 0 Å². The fourth-order valence-electron chi connectivity index (χ4n) is 4.21. The van der Waals surface area contributed by atoms with Crippen molar-refractivity contribution in [1.82, 2.24) is 14.9 Å². The number of carboxylic acid groups (broad SMARTS) is 1. The Labute approximate surface area is 158 Å². The van der Waals surface area contributed by atoms with E-state index in [-0.39, 0.29) is 18.7 Å². The maximum Gasteiger partial charge on any atom is 0.407 e. The van der Waals surface area contributed by atoms with Crippen LogP contribution in [0.4, 0.5) is 10.8 Å². The third-order valence-electron chi connectivity index (χ3n) is 5.42. The van der Waals surface area contributed by atoms with Crippen molar-refractivity contribution in [2.75, 3.05) is 18.0 Å². The smallest absolute Gasteiger partial charge is 0.407 e. The second-order valence-corrected chi connectivity index (χ2v) is 7.82. The highest BCUT2D eigenvalue weighted by atomic mass is 32.1. The largest absolute Gasteiger partial charge is 0.465 e. The maximum absolute atomic E-state index is 11.5. The van der Waals surface area contributed by atoms with Gasteiger partial charge in [-0.1, -0.05) is 6.07 Å². The van der Waals surface area contributed by atoms with Gasteiger partial charge in [-0.05, 0) is 18.9 Å². The molecule has 1 amide bonds. The normalized spacial score (nSPS) is 22.0. The molecular formula is C18H18N4O4S. The minimum Gasteiger partial charge on any atom is -0.465 e. The minimum absolute atomic E-state index is 0.0352. The average molecular weight is 386 g/mol. The van der Waals surface area contributed by atoms with Crippen LogP contribution in [0.2, 0.25) is 0 Å². The van der Waals surface area contributed by atoms with Crippen molar-refractivity contribution < 1.29 is 19.4 Å². The van der Waals surface area contributed by atoms with Gasteiger partial charge in [-0.2, -0.15) is 4.98 Å². The third kappa shape index (κ3) is 2.57. The number of fused-ring (bicyclic) bond motifs is 3. The van der Waals surface area contributed by atoms with E-state index < -0.39 is 6.09 Å². The first kappa shape index (κ1) is 16.5. The number of anilines is 1. The molecule has 2 aromatic heterocycles. The SMILES string of the molecule is O=C(O)N1C2CCC1CN(c1nc3c(CO)ccc(-c4nccs4)c3o1)C2. The molecule has 0 radical (unpaired) electrons. The van der Waals surface area contributed by atoms with Crippen LogP contribution in [0.1, 0.15) is 18.4 Å². The fraction of sp³-hybridized carbons (Fsp3) is 0.389. The molecule has 5 rings (SSSR count). The zero-order valence-corrected chi connectivity index (χ0v) is 15.2. The zero-order chi connectivity index (χ0) is 18.5. The number of oxazole rings is 1. The number of thiazole rings is 1. The van der Waals surface area contributed by atoms with Crippen molar-refractivity contribution in [2.45, 2.75) is 31.5 Å². The second kappa shape index (κ2) is 6.21. The lowest BCUT2D eigenvalue weighted by Gasteiger charge is -2.38. The third-order valence-corrected chi connectivity index (χ3v) is 6.23. The van der Waals surface area contributed by atoms with E-state index in [1.807, 2.05) is 22.4 Å². The molecule has 8 nitrogen and oxygen atoms in total. The lowest BCUT2D eigenvalue weighted by atomic mass is 10.1. The molecule has 2 aliphatic rings. The van der Waals surface area contributed by atoms with E-state index in [0.29, 0.717) is 35.8 Å². The van der Waals surface area contributed by atoms with Crippen LogP contribution in [0.5, 0.6) is 0 Å². The Balaban J connectivity index is 1.55. The molecule has 0 spiro atoms. The lowest BCUT2D eigenvalue weighted by Crippen LogP contribution is -2.55. The van der Waals surface area contributed by atoms with Gasteiger partial charge in [0.25, 0.3) is 6.01 Å². The molecule has 0 saturated carbocycles. The van der Waals surface area contributed by atoms with E-state index in [2.05, 4.69) is 9.97 Å². The molecule has 4 heterocycles. The minimum atomic E-state index is -0.853. The Morgan fingerprint density at radius 3 is 2.70 bits per heavy atom. The molecule has 2 unspecified atom stereocenters. The van der Waals surface area contributed by atoms with Crippen LogP contribution >= 0.6 is 11.3 Å². The topological polar surface area (TPSA) is 103 Å². The molecule has 1 aromatic carbocycles. The van der Waals surface area contributed by atoms with Crippen molar-refractivity contribution in [3.8, 4) is 10.6 Å². The maximum atomic E-state index is 11.5. The molecule has 9 heteroatoms. The predicted molar refractivity (Wildman–Crippen MR) is 99.9 cm³/mol. The Hall–Kier alpha value is -2.65. The first-order valence-corrected chi connectivity index (χ1v) is 9.73. The van der Waals surface area contributed by atoms with E-state index in [9.17, 15) is 15.0 Å². The number of benzene rings is 1. The summed E-state index contributed by atoms with van der Waals surface area (Å²) in [6, 6.07) is 4.15. The fourth-order valence-corrected chi connectivity index (χ4v) is 4.87. The van der Waals surface area contributed by atoms with Gasteiger partial charge in [0.05, 0.1) is 24.3 Å². The number of piperazine rings is 1. The van der Waals surface area contributed by atoms with Gasteiger partial charge in [0, 0.05) is 30.2 Å². The van der Waals surface area contributed by atoms with Crippen molar-refractivity contribution in [2.24, 2.45) is 0 Å². The van der Waals surface area contributed by atoms with Gasteiger partial charge >= 0.3 is 6.09 Å². The van der Waals surface area contributed by atoms with Crippen LogP contribution < -0.4 is 4.90 Å². The second-order valence-electron chi connectivity index (χ2n) is 6.92. The van der Waals surface area contributed by atoms with Gasteiger partial charge in [0.15, 0.2) is 5.58 Å². The zero-order valence-electron chi connectivity index (χ0n) is 14.4. The van der Waals surface area contributed by atoms with Crippen LogP contribution in [-0.2, 0) is 6.61 Å². The van der Waals surface area contributed by atoms with E-state index in [1.54, 1.807) is 11.1 Å². The van der Waals surface area contributed by atoms with Crippen LogP contribution in [-0.4, -0.2) is 56.3 Å². The molecule has 2 atom stereocenters. The summed E-state index contributed by atoms with van der Waals surface area (Å²) >= 11 is 1.52. The number of carbonyl (C=O) groups is 1. The summed E-state index contributed by atoms with van der Waals surface area (Å²) in [7, 11) is 0. The number of aliphatic hydroxyl groups excluding tert-OH is 1. The van der Waals surface area contributed by atoms with E-state index in [4.69, 9.17) is 4.42 Å². The highest BCUT2D eigenvalue weighted by Crippen LogP contribution is 2.37. The van der Waals surface area contributed by atoms with Crippen LogP contribution in [0, 0.1) is 0 Å². The highest BCUT2D eigenvalue weighted by Gasteiger charge is 2.43. The van der Waals surface area contributed by atoms with E-state index >= 15 is 0 Å². The average Bonchev–Trinajstić information content (AvgIpc) is 3.39. The Morgan fingerprint density at radius 1 is 1.30 bits per heavy atom. The summed E-state index contributed by atoms with van der Waals surface area (Å²) in [5.41, 5.74) is 2.79. The van der Waals surface area contributed by atoms with Gasteiger partial charge in [0.2, 0.25) is 0 Å². The summed E-state index contributed by atoms with van der Waals surface area (Å²) in [5, 5.41) is 21.9. The van der Waals surface area contributed by atoms with Crippen molar-refractivity contribution in [1.29, 1.82) is 0 Å². The Bertz CT molecular complexity index is 988. The molecule has 0 aliphatic carbocycles. The number of hydrogen-bond acceptors (Lipinski definition) is 7. The first-order chi connectivity index (χ1) is 13.2. The monoisotopic (exact) mass is 386 g/mol. The number of rotatable bonds is 3. The molecule has 2 saturated heterocycles.